The first-order valence-electron chi connectivity index (χ1n) is 7.94. The molecule has 1 atom stereocenters. The molecule has 1 unspecified atom stereocenters. The van der Waals surface area contributed by atoms with Crippen molar-refractivity contribution in [2.75, 3.05) is 31.6 Å². The molecule has 0 aromatic heterocycles. The second-order valence-corrected chi connectivity index (χ2v) is 6.75. The molecule has 0 spiro atoms. The predicted molar refractivity (Wildman–Crippen MR) is 93.3 cm³/mol. The summed E-state index contributed by atoms with van der Waals surface area (Å²) in [6.45, 7) is 5.89. The smallest absolute Gasteiger partial charge is 0.310 e. The Labute approximate surface area is 145 Å². The third kappa shape index (κ3) is 5.32. The van der Waals surface area contributed by atoms with Gasteiger partial charge in [0.15, 0.2) is 0 Å². The van der Waals surface area contributed by atoms with Gasteiger partial charge in [-0.15, -0.1) is 0 Å². The lowest BCUT2D eigenvalue weighted by Gasteiger charge is -2.30. The quantitative estimate of drug-likeness (QED) is 0.795. The van der Waals surface area contributed by atoms with Crippen LogP contribution < -0.4 is 5.32 Å². The molecule has 5 nitrogen and oxygen atoms in total. The number of piperidine rings is 1. The van der Waals surface area contributed by atoms with Crippen molar-refractivity contribution < 1.29 is 14.3 Å². The number of benzene rings is 1. The zero-order valence-corrected chi connectivity index (χ0v) is 15.2. The lowest BCUT2D eigenvalue weighted by atomic mass is 9.98. The van der Waals surface area contributed by atoms with Gasteiger partial charge in [0.1, 0.15) is 0 Å². The van der Waals surface area contributed by atoms with E-state index in [1.165, 1.54) is 0 Å². The highest BCUT2D eigenvalue weighted by Crippen LogP contribution is 2.21. The van der Waals surface area contributed by atoms with E-state index < -0.39 is 0 Å². The first-order valence-corrected chi connectivity index (χ1v) is 8.74. The van der Waals surface area contributed by atoms with Crippen LogP contribution in [0.5, 0.6) is 0 Å². The highest BCUT2D eigenvalue weighted by Gasteiger charge is 2.27. The van der Waals surface area contributed by atoms with Crippen molar-refractivity contribution in [2.24, 2.45) is 5.92 Å². The molecule has 1 amide bonds. The Morgan fingerprint density at radius 3 is 2.91 bits per heavy atom. The summed E-state index contributed by atoms with van der Waals surface area (Å²) in [6.07, 6.45) is 1.75. The summed E-state index contributed by atoms with van der Waals surface area (Å²) in [4.78, 5) is 26.1. The Morgan fingerprint density at radius 1 is 1.43 bits per heavy atom. The van der Waals surface area contributed by atoms with Gasteiger partial charge in [-0.3, -0.25) is 14.5 Å². The highest BCUT2D eigenvalue weighted by atomic mass is 79.9. The molecule has 0 saturated carbocycles. The number of rotatable bonds is 5. The first kappa shape index (κ1) is 17.9. The summed E-state index contributed by atoms with van der Waals surface area (Å²) < 4.78 is 6.07. The number of hydrogen-bond acceptors (Lipinski definition) is 4. The Morgan fingerprint density at radius 2 is 2.22 bits per heavy atom. The van der Waals surface area contributed by atoms with E-state index in [2.05, 4.69) is 21.2 Å². The van der Waals surface area contributed by atoms with E-state index in [1.54, 1.807) is 0 Å². The topological polar surface area (TPSA) is 58.6 Å². The summed E-state index contributed by atoms with van der Waals surface area (Å²) in [7, 11) is 0. The molecule has 1 heterocycles. The lowest BCUT2D eigenvalue weighted by Crippen LogP contribution is -2.43. The van der Waals surface area contributed by atoms with E-state index >= 15 is 0 Å². The zero-order valence-electron chi connectivity index (χ0n) is 13.6. The van der Waals surface area contributed by atoms with Gasteiger partial charge in [-0.05, 0) is 57.0 Å². The summed E-state index contributed by atoms with van der Waals surface area (Å²) in [6, 6.07) is 5.75. The fourth-order valence-corrected chi connectivity index (χ4v) is 3.29. The average Bonchev–Trinajstić information content (AvgIpc) is 2.50. The third-order valence-electron chi connectivity index (χ3n) is 3.96. The average molecular weight is 383 g/mol. The van der Waals surface area contributed by atoms with Crippen molar-refractivity contribution in [3.63, 3.8) is 0 Å². The largest absolute Gasteiger partial charge is 0.466 e. The zero-order chi connectivity index (χ0) is 16.8. The Bertz CT molecular complexity index is 577. The molecule has 23 heavy (non-hydrogen) atoms. The number of anilines is 1. The van der Waals surface area contributed by atoms with Gasteiger partial charge in [0.05, 0.1) is 19.1 Å². The second-order valence-electron chi connectivity index (χ2n) is 5.83. The number of nitrogens with one attached hydrogen (secondary N) is 1. The van der Waals surface area contributed by atoms with Gasteiger partial charge >= 0.3 is 5.97 Å². The van der Waals surface area contributed by atoms with Crippen LogP contribution in [0.25, 0.3) is 0 Å². The van der Waals surface area contributed by atoms with Crippen molar-refractivity contribution in [1.82, 2.24) is 4.90 Å². The highest BCUT2D eigenvalue weighted by molar-refractivity contribution is 9.10. The molecule has 1 saturated heterocycles. The Hall–Kier alpha value is -1.40. The van der Waals surface area contributed by atoms with Gasteiger partial charge in [0.25, 0.3) is 0 Å². The standard InChI is InChI=1S/C17H23BrN2O3/c1-3-23-17(22)13-5-4-8-20(10-13)11-16(21)19-15-7-6-14(18)9-12(15)2/h6-7,9,13H,3-5,8,10-11H2,1-2H3,(H,19,21). The van der Waals surface area contributed by atoms with Gasteiger partial charge < -0.3 is 10.1 Å². The summed E-state index contributed by atoms with van der Waals surface area (Å²) >= 11 is 3.41. The van der Waals surface area contributed by atoms with Gasteiger partial charge in [-0.2, -0.15) is 0 Å². The van der Waals surface area contributed by atoms with Gasteiger partial charge in [0.2, 0.25) is 5.91 Å². The van der Waals surface area contributed by atoms with Crippen LogP contribution >= 0.6 is 15.9 Å². The molecular weight excluding hydrogens is 360 g/mol. The third-order valence-corrected chi connectivity index (χ3v) is 4.45. The number of halogens is 1. The second kappa shape index (κ2) is 8.45. The number of amides is 1. The number of likely N-dealkylation sites (tertiary alicyclic amines) is 1. The number of carbonyl (C=O) groups excluding carboxylic acids is 2. The molecule has 126 valence electrons. The predicted octanol–water partition coefficient (Wildman–Crippen LogP) is 2.97. The molecule has 0 aliphatic carbocycles. The van der Waals surface area contributed by atoms with Crippen LogP contribution in [0.15, 0.2) is 22.7 Å². The molecule has 1 aromatic carbocycles. The normalized spacial score (nSPS) is 18.5. The SMILES string of the molecule is CCOC(=O)C1CCCN(CC(=O)Nc2ccc(Br)cc2C)C1. The fraction of sp³-hybridized carbons (Fsp3) is 0.529. The van der Waals surface area contributed by atoms with E-state index in [-0.39, 0.29) is 17.8 Å². The number of nitrogens with zero attached hydrogens (tertiary/aromatic N) is 1. The molecule has 1 fully saturated rings. The van der Waals surface area contributed by atoms with Crippen LogP contribution in [0.3, 0.4) is 0 Å². The minimum atomic E-state index is -0.152. The lowest BCUT2D eigenvalue weighted by molar-refractivity contribution is -0.150. The maximum absolute atomic E-state index is 12.2. The van der Waals surface area contributed by atoms with Crippen molar-refractivity contribution >= 4 is 33.5 Å². The van der Waals surface area contributed by atoms with Crippen LogP contribution in [-0.2, 0) is 14.3 Å². The van der Waals surface area contributed by atoms with Crippen molar-refractivity contribution in [2.45, 2.75) is 26.7 Å². The monoisotopic (exact) mass is 382 g/mol. The number of hydrogen-bond donors (Lipinski definition) is 1. The number of carbonyl (C=O) groups is 2. The van der Waals surface area contributed by atoms with E-state index in [9.17, 15) is 9.59 Å². The van der Waals surface area contributed by atoms with Gasteiger partial charge in [-0.1, -0.05) is 15.9 Å². The van der Waals surface area contributed by atoms with Crippen molar-refractivity contribution in [3.8, 4) is 0 Å². The first-order chi connectivity index (χ1) is 11.0. The minimum absolute atomic E-state index is 0.0556. The van der Waals surface area contributed by atoms with Crippen LogP contribution in [0.2, 0.25) is 0 Å². The molecule has 2 rings (SSSR count). The van der Waals surface area contributed by atoms with E-state index in [4.69, 9.17) is 4.74 Å². The van der Waals surface area contributed by atoms with E-state index in [0.29, 0.717) is 19.7 Å². The number of ether oxygens (including phenoxy) is 1. The molecule has 6 heteroatoms. The summed E-state index contributed by atoms with van der Waals surface area (Å²) in [5, 5.41) is 2.94. The van der Waals surface area contributed by atoms with E-state index in [1.807, 2.05) is 36.9 Å². The van der Waals surface area contributed by atoms with Crippen molar-refractivity contribution in [1.29, 1.82) is 0 Å². The molecule has 1 aliphatic rings. The van der Waals surface area contributed by atoms with E-state index in [0.717, 1.165) is 35.1 Å². The minimum Gasteiger partial charge on any atom is -0.466 e. The fourth-order valence-electron chi connectivity index (χ4n) is 2.81. The summed E-state index contributed by atoms with van der Waals surface area (Å²) in [5.74, 6) is -0.327. The molecule has 0 radical (unpaired) electrons. The van der Waals surface area contributed by atoms with Gasteiger partial charge in [0, 0.05) is 16.7 Å². The molecule has 0 bridgehead atoms. The molecule has 1 aliphatic heterocycles. The number of aryl methyl sites for hydroxylation is 1. The molecular formula is C17H23BrN2O3. The Kier molecular flexibility index (Phi) is 6.59. The van der Waals surface area contributed by atoms with Gasteiger partial charge in [-0.25, -0.2) is 0 Å². The maximum Gasteiger partial charge on any atom is 0.310 e. The van der Waals surface area contributed by atoms with Crippen LogP contribution in [0.1, 0.15) is 25.3 Å². The van der Waals surface area contributed by atoms with Crippen LogP contribution in [0.4, 0.5) is 5.69 Å². The Balaban J connectivity index is 1.88. The van der Waals surface area contributed by atoms with Crippen molar-refractivity contribution in [3.05, 3.63) is 28.2 Å². The van der Waals surface area contributed by atoms with Crippen LogP contribution in [-0.4, -0.2) is 43.0 Å². The summed E-state index contributed by atoms with van der Waals surface area (Å²) in [5.41, 5.74) is 1.83. The maximum atomic E-state index is 12.2. The number of esters is 1. The molecule has 1 N–H and O–H groups in total. The molecule has 1 aromatic rings. The van der Waals surface area contributed by atoms with Crippen LogP contribution in [0, 0.1) is 12.8 Å².